The summed E-state index contributed by atoms with van der Waals surface area (Å²) in [6.07, 6.45) is -0.349. The van der Waals surface area contributed by atoms with Crippen molar-refractivity contribution in [3.63, 3.8) is 0 Å². The fourth-order valence-corrected chi connectivity index (χ4v) is 6.46. The van der Waals surface area contributed by atoms with E-state index in [1.165, 1.54) is 0 Å². The highest BCUT2D eigenvalue weighted by Gasteiger charge is 2.31. The van der Waals surface area contributed by atoms with Gasteiger partial charge >= 0.3 is 6.09 Å². The maximum Gasteiger partial charge on any atom is 0.410 e. The maximum absolute atomic E-state index is 13.5. The van der Waals surface area contributed by atoms with Gasteiger partial charge in [-0.3, -0.25) is 9.36 Å². The largest absolute Gasteiger partial charge is 0.444 e. The van der Waals surface area contributed by atoms with Crippen molar-refractivity contribution in [1.82, 2.24) is 18.9 Å². The molecule has 240 valence electrons. The normalized spacial score (nSPS) is 13.4. The first-order valence-electron chi connectivity index (χ1n) is 15.6. The number of rotatable bonds is 3. The summed E-state index contributed by atoms with van der Waals surface area (Å²) in [6.45, 7) is 7.24. The summed E-state index contributed by atoms with van der Waals surface area (Å²) in [5.74, 6) is -0.125. The fraction of sp³-hybridized carbons (Fsp3) is 0.211. The number of piperazine rings is 1. The van der Waals surface area contributed by atoms with Gasteiger partial charge in [-0.2, -0.15) is 0 Å². The van der Waals surface area contributed by atoms with Gasteiger partial charge < -0.3 is 19.1 Å². The second-order valence-electron chi connectivity index (χ2n) is 12.3. The Kier molecular flexibility index (Phi) is 9.30. The first kappa shape index (κ1) is 32.2. The molecule has 0 aliphatic carbocycles. The lowest BCUT2D eigenvalue weighted by Gasteiger charge is -2.35. The second-order valence-corrected chi connectivity index (χ2v) is 13.1. The summed E-state index contributed by atoms with van der Waals surface area (Å²) in [5, 5.41) is 3.12. The van der Waals surface area contributed by atoms with Crippen LogP contribution in [0.5, 0.6) is 0 Å². The molecule has 0 saturated carbocycles. The van der Waals surface area contributed by atoms with Gasteiger partial charge in [0.2, 0.25) is 0 Å². The average Bonchev–Trinajstić information content (AvgIpc) is 3.57. The number of hydrogen-bond acceptors (Lipinski definition) is 3. The molecule has 2 amide bonds. The third kappa shape index (κ3) is 6.87. The number of aromatic nitrogens is 2. The zero-order valence-electron chi connectivity index (χ0n) is 26.6. The van der Waals surface area contributed by atoms with Gasteiger partial charge in [-0.05, 0) is 63.2 Å². The van der Waals surface area contributed by atoms with Crippen LogP contribution in [-0.2, 0) is 4.74 Å². The van der Waals surface area contributed by atoms with Crippen molar-refractivity contribution in [1.29, 1.82) is 0 Å². The number of hydrogen-bond donors (Lipinski definition) is 0. The van der Waals surface area contributed by atoms with Crippen LogP contribution in [0.2, 0.25) is 10.3 Å². The Balaban J connectivity index is 0.000000201. The fourth-order valence-electron chi connectivity index (χ4n) is 5.78. The number of amides is 2. The van der Waals surface area contributed by atoms with Crippen molar-refractivity contribution in [2.75, 3.05) is 26.2 Å². The van der Waals surface area contributed by atoms with Crippen LogP contribution in [-0.4, -0.2) is 62.7 Å². The van der Waals surface area contributed by atoms with Gasteiger partial charge in [0.15, 0.2) is 0 Å². The molecule has 0 N–H and O–H groups in total. The lowest BCUT2D eigenvalue weighted by molar-refractivity contribution is 0.0141. The quantitative estimate of drug-likeness (QED) is 0.189. The molecule has 6 aromatic rings. The van der Waals surface area contributed by atoms with E-state index in [9.17, 15) is 9.59 Å². The van der Waals surface area contributed by atoms with Gasteiger partial charge in [-0.25, -0.2) is 4.79 Å². The number of halogens is 2. The van der Waals surface area contributed by atoms with Gasteiger partial charge in [0, 0.05) is 48.3 Å². The van der Waals surface area contributed by atoms with Gasteiger partial charge in [0.25, 0.3) is 5.91 Å². The van der Waals surface area contributed by atoms with Gasteiger partial charge in [0.1, 0.15) is 15.9 Å². The third-order valence-electron chi connectivity index (χ3n) is 7.94. The van der Waals surface area contributed by atoms with Crippen molar-refractivity contribution >= 4 is 57.0 Å². The molecule has 4 aromatic carbocycles. The summed E-state index contributed by atoms with van der Waals surface area (Å²) in [6, 6.07) is 37.8. The topological polar surface area (TPSA) is 59.7 Å². The maximum atomic E-state index is 13.5. The first-order valence-corrected chi connectivity index (χ1v) is 16.3. The van der Waals surface area contributed by atoms with E-state index >= 15 is 0 Å². The highest BCUT2D eigenvalue weighted by molar-refractivity contribution is 6.36. The Morgan fingerprint density at radius 2 is 1.15 bits per heavy atom. The van der Waals surface area contributed by atoms with E-state index in [-0.39, 0.29) is 12.0 Å². The van der Waals surface area contributed by atoms with E-state index in [1.807, 2.05) is 116 Å². The molecule has 0 atom stereocenters. The van der Waals surface area contributed by atoms with Crippen LogP contribution < -0.4 is 0 Å². The zero-order valence-corrected chi connectivity index (χ0v) is 28.1. The number of carbonyl (C=O) groups is 2. The van der Waals surface area contributed by atoms with Crippen LogP contribution in [0.3, 0.4) is 0 Å². The number of fused-ring (bicyclic) bond motifs is 2. The smallest absolute Gasteiger partial charge is 0.410 e. The first-order chi connectivity index (χ1) is 22.6. The molecule has 1 aliphatic heterocycles. The number of ether oxygens (including phenoxy) is 1. The Bertz CT molecular complexity index is 2020. The van der Waals surface area contributed by atoms with Crippen molar-refractivity contribution in [3.8, 4) is 11.4 Å². The Morgan fingerprint density at radius 1 is 0.638 bits per heavy atom. The van der Waals surface area contributed by atoms with E-state index in [4.69, 9.17) is 27.9 Å². The molecule has 3 heterocycles. The number of carbonyl (C=O) groups excluding carboxylic acids is 2. The summed E-state index contributed by atoms with van der Waals surface area (Å²) in [7, 11) is 0. The van der Waals surface area contributed by atoms with Gasteiger partial charge in [-0.15, -0.1) is 0 Å². The Morgan fingerprint density at radius 3 is 1.77 bits per heavy atom. The molecule has 47 heavy (non-hydrogen) atoms. The number of nitrogens with zero attached hydrogens (tertiary/aromatic N) is 4. The van der Waals surface area contributed by atoms with E-state index in [0.29, 0.717) is 36.9 Å². The van der Waals surface area contributed by atoms with Crippen molar-refractivity contribution in [3.05, 3.63) is 131 Å². The van der Waals surface area contributed by atoms with Crippen LogP contribution in [0.4, 0.5) is 4.79 Å². The molecule has 0 spiro atoms. The minimum Gasteiger partial charge on any atom is -0.444 e. The molecule has 0 radical (unpaired) electrons. The third-order valence-corrected chi connectivity index (χ3v) is 8.58. The van der Waals surface area contributed by atoms with Crippen LogP contribution in [0, 0.1) is 0 Å². The molecule has 1 saturated heterocycles. The van der Waals surface area contributed by atoms with Crippen LogP contribution in [0.1, 0.15) is 31.1 Å². The number of para-hydroxylation sites is 4. The SMILES string of the molecule is CC(C)(C)OC(=O)N1CCN(C(=O)c2c(Cl)n(-c3ccccc3)c3ccccc23)CC1.Clc1cc2ccccc2n1-c1ccccc1. The van der Waals surface area contributed by atoms with Crippen LogP contribution in [0.25, 0.3) is 33.2 Å². The van der Waals surface area contributed by atoms with Gasteiger partial charge in [0.05, 0.1) is 16.6 Å². The molecule has 0 bridgehead atoms. The van der Waals surface area contributed by atoms with E-state index in [0.717, 1.165) is 38.3 Å². The second kappa shape index (κ2) is 13.6. The molecular formula is C38H36Cl2N4O3. The molecule has 9 heteroatoms. The minimum absolute atomic E-state index is 0.125. The molecule has 1 fully saturated rings. The molecule has 2 aromatic heterocycles. The molecule has 1 aliphatic rings. The van der Waals surface area contributed by atoms with E-state index < -0.39 is 5.60 Å². The van der Waals surface area contributed by atoms with Crippen molar-refractivity contribution in [2.45, 2.75) is 26.4 Å². The average molecular weight is 668 g/mol. The lowest BCUT2D eigenvalue weighted by Crippen LogP contribution is -2.51. The standard InChI is InChI=1S/C24H26ClN3O3.C14H10ClN/c1-24(2,3)31-23(30)27-15-13-26(14-16-27)22(29)20-18-11-7-8-12-19(18)28(21(20)25)17-9-5-4-6-10-17;15-14-10-11-6-4-5-9-13(11)16(14)12-7-2-1-3-8-12/h4-12H,13-16H2,1-3H3;1-10H. The lowest BCUT2D eigenvalue weighted by atomic mass is 10.1. The van der Waals surface area contributed by atoms with Crippen LogP contribution >= 0.6 is 23.2 Å². The monoisotopic (exact) mass is 666 g/mol. The minimum atomic E-state index is -0.545. The van der Waals surface area contributed by atoms with Crippen molar-refractivity contribution < 1.29 is 14.3 Å². The highest BCUT2D eigenvalue weighted by Crippen LogP contribution is 2.34. The molecular weight excluding hydrogens is 631 g/mol. The summed E-state index contributed by atoms with van der Waals surface area (Å²) >= 11 is 13.0. The van der Waals surface area contributed by atoms with Gasteiger partial charge in [-0.1, -0.05) is 96.0 Å². The van der Waals surface area contributed by atoms with Crippen molar-refractivity contribution in [2.24, 2.45) is 0 Å². The number of benzene rings is 4. The summed E-state index contributed by atoms with van der Waals surface area (Å²) < 4.78 is 9.40. The molecule has 0 unspecified atom stereocenters. The van der Waals surface area contributed by atoms with E-state index in [1.54, 1.807) is 9.80 Å². The predicted octanol–water partition coefficient (Wildman–Crippen LogP) is 9.26. The molecule has 7 rings (SSSR count). The van der Waals surface area contributed by atoms with Crippen LogP contribution in [0.15, 0.2) is 115 Å². The molecule has 7 nitrogen and oxygen atoms in total. The van der Waals surface area contributed by atoms with E-state index in [2.05, 4.69) is 28.8 Å². The Hall–Kier alpha value is -4.72. The summed E-state index contributed by atoms with van der Waals surface area (Å²) in [4.78, 5) is 29.2. The summed E-state index contributed by atoms with van der Waals surface area (Å²) in [5.41, 5.74) is 3.96. The predicted molar refractivity (Wildman–Crippen MR) is 190 cm³/mol. The highest BCUT2D eigenvalue weighted by atomic mass is 35.5. The Labute approximate surface area is 284 Å². The zero-order chi connectivity index (χ0) is 33.1.